The lowest BCUT2D eigenvalue weighted by atomic mass is 9.98. The molecule has 2 N–H and O–H groups in total. The lowest BCUT2D eigenvalue weighted by Gasteiger charge is -2.31. The Morgan fingerprint density at radius 1 is 1.41 bits per heavy atom. The van der Waals surface area contributed by atoms with E-state index in [1.165, 1.54) is 0 Å². The van der Waals surface area contributed by atoms with Crippen molar-refractivity contribution in [2.24, 2.45) is 5.92 Å². The molecule has 2 amide bonds. The van der Waals surface area contributed by atoms with Crippen LogP contribution in [0.4, 0.5) is 4.79 Å². The lowest BCUT2D eigenvalue weighted by Crippen LogP contribution is -2.45. The minimum atomic E-state index is -1.12. The van der Waals surface area contributed by atoms with Gasteiger partial charge in [-0.15, -0.1) is 0 Å². The van der Waals surface area contributed by atoms with E-state index in [1.807, 2.05) is 0 Å². The van der Waals surface area contributed by atoms with E-state index in [0.29, 0.717) is 25.6 Å². The smallest absolute Gasteiger partial charge is 0.341 e. The highest BCUT2D eigenvalue weighted by Crippen LogP contribution is 2.17. The van der Waals surface area contributed by atoms with Gasteiger partial charge in [-0.2, -0.15) is 0 Å². The van der Waals surface area contributed by atoms with Crippen LogP contribution in [0.1, 0.15) is 12.8 Å². The fourth-order valence-electron chi connectivity index (χ4n) is 1.76. The van der Waals surface area contributed by atoms with Gasteiger partial charge in [-0.3, -0.25) is 4.84 Å². The number of hydrogen-bond acceptors (Lipinski definition) is 4. The van der Waals surface area contributed by atoms with Crippen LogP contribution in [0.25, 0.3) is 0 Å². The predicted octanol–water partition coefficient (Wildman–Crippen LogP) is 0.0706. The van der Waals surface area contributed by atoms with Crippen molar-refractivity contribution in [1.29, 1.82) is 0 Å². The van der Waals surface area contributed by atoms with Crippen LogP contribution in [-0.2, 0) is 14.4 Å². The summed E-state index contributed by atoms with van der Waals surface area (Å²) >= 11 is 0. The number of rotatable bonds is 5. The molecule has 1 rings (SSSR count). The summed E-state index contributed by atoms with van der Waals surface area (Å²) in [6, 6.07) is -0.387. The number of hydroxylamine groups is 1. The zero-order valence-corrected chi connectivity index (χ0v) is 9.85. The lowest BCUT2D eigenvalue weighted by molar-refractivity contribution is -0.144. The van der Waals surface area contributed by atoms with Crippen LogP contribution in [-0.4, -0.2) is 55.4 Å². The van der Waals surface area contributed by atoms with Crippen LogP contribution < -0.4 is 5.48 Å². The van der Waals surface area contributed by atoms with E-state index < -0.39 is 12.6 Å². The van der Waals surface area contributed by atoms with E-state index in [1.54, 1.807) is 12.0 Å². The van der Waals surface area contributed by atoms with Crippen molar-refractivity contribution in [3.05, 3.63) is 0 Å². The molecule has 1 fully saturated rings. The van der Waals surface area contributed by atoms with E-state index >= 15 is 0 Å². The third kappa shape index (κ3) is 5.01. The van der Waals surface area contributed by atoms with Gasteiger partial charge in [-0.25, -0.2) is 15.1 Å². The molecule has 98 valence electrons. The van der Waals surface area contributed by atoms with Crippen LogP contribution in [0.15, 0.2) is 0 Å². The number of nitrogens with zero attached hydrogens (tertiary/aromatic N) is 1. The Morgan fingerprint density at radius 3 is 2.59 bits per heavy atom. The van der Waals surface area contributed by atoms with Gasteiger partial charge in [0.15, 0.2) is 6.61 Å². The molecule has 1 aliphatic heterocycles. The number of carbonyl (C=O) groups excluding carboxylic acids is 1. The number of urea groups is 1. The topological polar surface area (TPSA) is 88.1 Å². The SMILES string of the molecule is COCC1CCN(C(=O)NOCC(=O)O)CC1. The fraction of sp³-hybridized carbons (Fsp3) is 0.800. The number of methoxy groups -OCH3 is 1. The van der Waals surface area contributed by atoms with Gasteiger partial charge in [0.25, 0.3) is 0 Å². The number of carboxylic acid groups (broad SMARTS) is 1. The minimum Gasteiger partial charge on any atom is -0.479 e. The van der Waals surface area contributed by atoms with Crippen molar-refractivity contribution in [2.45, 2.75) is 12.8 Å². The van der Waals surface area contributed by atoms with Crippen molar-refractivity contribution in [2.75, 3.05) is 33.4 Å². The maximum atomic E-state index is 11.5. The van der Waals surface area contributed by atoms with E-state index in [2.05, 4.69) is 10.3 Å². The summed E-state index contributed by atoms with van der Waals surface area (Å²) in [5.74, 6) is -0.631. The summed E-state index contributed by atoms with van der Waals surface area (Å²) < 4.78 is 5.06. The summed E-state index contributed by atoms with van der Waals surface area (Å²) in [5, 5.41) is 8.33. The van der Waals surface area contributed by atoms with Gasteiger partial charge in [0.2, 0.25) is 0 Å². The number of nitrogens with one attached hydrogen (secondary N) is 1. The Balaban J connectivity index is 2.19. The number of piperidine rings is 1. The van der Waals surface area contributed by atoms with Crippen molar-refractivity contribution >= 4 is 12.0 Å². The highest BCUT2D eigenvalue weighted by Gasteiger charge is 2.22. The second-order valence-electron chi connectivity index (χ2n) is 3.98. The molecule has 0 unspecified atom stereocenters. The monoisotopic (exact) mass is 246 g/mol. The third-order valence-corrected chi connectivity index (χ3v) is 2.66. The number of amides is 2. The number of ether oxygens (including phenoxy) is 1. The number of hydrogen-bond donors (Lipinski definition) is 2. The number of aliphatic carboxylic acids is 1. The van der Waals surface area contributed by atoms with Gasteiger partial charge in [-0.1, -0.05) is 0 Å². The van der Waals surface area contributed by atoms with E-state index in [9.17, 15) is 9.59 Å². The van der Waals surface area contributed by atoms with Crippen LogP contribution in [0.5, 0.6) is 0 Å². The highest BCUT2D eigenvalue weighted by molar-refractivity contribution is 5.73. The molecular weight excluding hydrogens is 228 g/mol. The van der Waals surface area contributed by atoms with Crippen molar-refractivity contribution < 1.29 is 24.3 Å². The molecule has 1 aliphatic rings. The third-order valence-electron chi connectivity index (χ3n) is 2.66. The standard InChI is InChI=1S/C10H18N2O5/c1-16-6-8-2-4-12(5-3-8)10(15)11-17-7-9(13)14/h8H,2-7H2,1H3,(H,11,15)(H,13,14). The van der Waals surface area contributed by atoms with Crippen LogP contribution >= 0.6 is 0 Å². The van der Waals surface area contributed by atoms with Crippen molar-refractivity contribution in [3.8, 4) is 0 Å². The minimum absolute atomic E-state index is 0.387. The average Bonchev–Trinajstić information content (AvgIpc) is 2.30. The first-order valence-corrected chi connectivity index (χ1v) is 5.51. The molecule has 1 heterocycles. The first-order valence-electron chi connectivity index (χ1n) is 5.51. The molecule has 0 aromatic carbocycles. The Bertz CT molecular complexity index is 263. The zero-order chi connectivity index (χ0) is 12.7. The van der Waals surface area contributed by atoms with Gasteiger partial charge in [0.1, 0.15) is 0 Å². The molecule has 7 heteroatoms. The normalized spacial score (nSPS) is 16.9. The van der Waals surface area contributed by atoms with Crippen molar-refractivity contribution in [3.63, 3.8) is 0 Å². The largest absolute Gasteiger partial charge is 0.479 e. The molecule has 0 saturated carbocycles. The quantitative estimate of drug-likeness (QED) is 0.670. The van der Waals surface area contributed by atoms with Gasteiger partial charge in [-0.05, 0) is 18.8 Å². The van der Waals surface area contributed by atoms with Crippen LogP contribution in [0.3, 0.4) is 0 Å². The molecule has 0 aromatic heterocycles. The summed E-state index contributed by atoms with van der Waals surface area (Å²) in [6.07, 6.45) is 1.78. The van der Waals surface area contributed by atoms with E-state index in [0.717, 1.165) is 12.8 Å². The first kappa shape index (κ1) is 13.7. The fourth-order valence-corrected chi connectivity index (χ4v) is 1.76. The summed E-state index contributed by atoms with van der Waals surface area (Å²) in [4.78, 5) is 27.8. The molecule has 17 heavy (non-hydrogen) atoms. The Hall–Kier alpha value is -1.34. The average molecular weight is 246 g/mol. The van der Waals surface area contributed by atoms with Crippen LogP contribution in [0, 0.1) is 5.92 Å². The van der Waals surface area contributed by atoms with E-state index in [-0.39, 0.29) is 6.03 Å². The molecule has 0 spiro atoms. The van der Waals surface area contributed by atoms with Gasteiger partial charge >= 0.3 is 12.0 Å². The Morgan fingerprint density at radius 2 is 2.06 bits per heavy atom. The molecule has 0 atom stereocenters. The van der Waals surface area contributed by atoms with Crippen LogP contribution in [0.2, 0.25) is 0 Å². The molecular formula is C10H18N2O5. The molecule has 7 nitrogen and oxygen atoms in total. The Kier molecular flexibility index (Phi) is 5.71. The summed E-state index contributed by atoms with van der Waals surface area (Å²) in [7, 11) is 1.67. The van der Waals surface area contributed by atoms with Gasteiger partial charge in [0.05, 0.1) is 0 Å². The van der Waals surface area contributed by atoms with Gasteiger partial charge < -0.3 is 14.7 Å². The van der Waals surface area contributed by atoms with Gasteiger partial charge in [0, 0.05) is 26.8 Å². The maximum absolute atomic E-state index is 11.5. The second-order valence-corrected chi connectivity index (χ2v) is 3.98. The number of carbonyl (C=O) groups is 2. The molecule has 0 bridgehead atoms. The molecule has 0 radical (unpaired) electrons. The Labute approximate surface area is 99.6 Å². The molecule has 1 saturated heterocycles. The summed E-state index contributed by atoms with van der Waals surface area (Å²) in [5.41, 5.74) is 2.11. The second kappa shape index (κ2) is 7.08. The van der Waals surface area contributed by atoms with Crippen molar-refractivity contribution in [1.82, 2.24) is 10.4 Å². The number of likely N-dealkylation sites (tertiary alicyclic amines) is 1. The summed E-state index contributed by atoms with van der Waals surface area (Å²) in [6.45, 7) is 1.45. The highest BCUT2D eigenvalue weighted by atomic mass is 16.7. The maximum Gasteiger partial charge on any atom is 0.341 e. The zero-order valence-electron chi connectivity index (χ0n) is 9.85. The molecule has 0 aliphatic carbocycles. The van der Waals surface area contributed by atoms with E-state index in [4.69, 9.17) is 9.84 Å². The molecule has 0 aromatic rings. The number of carboxylic acids is 1. The first-order chi connectivity index (χ1) is 8.13. The predicted molar refractivity (Wildman–Crippen MR) is 58.3 cm³/mol.